The van der Waals surface area contributed by atoms with Gasteiger partial charge in [0.2, 0.25) is 0 Å². The van der Waals surface area contributed by atoms with Gasteiger partial charge in [0.15, 0.2) is 0 Å². The maximum atomic E-state index is 10.9. The van der Waals surface area contributed by atoms with Gasteiger partial charge < -0.3 is 10.0 Å². The predicted octanol–water partition coefficient (Wildman–Crippen LogP) is 2.20. The van der Waals surface area contributed by atoms with Crippen LogP contribution >= 0.6 is 0 Å². The van der Waals surface area contributed by atoms with Crippen LogP contribution in [0.1, 0.15) is 24.5 Å². The standard InChI is InChI=1S/C15H21NO2/c1-2-12-3-5-13(6-4-12)7-9-16-10-8-14(11-16)15(17)18/h3-6,14H,2,7-11H2,1H3,(H,17,18). The number of nitrogens with zero attached hydrogens (tertiary/aromatic N) is 1. The van der Waals surface area contributed by atoms with Crippen molar-refractivity contribution in [3.63, 3.8) is 0 Å². The second-order valence-corrected chi connectivity index (χ2v) is 5.04. The topological polar surface area (TPSA) is 40.5 Å². The van der Waals surface area contributed by atoms with Gasteiger partial charge in [-0.3, -0.25) is 4.79 Å². The average Bonchev–Trinajstić information content (AvgIpc) is 2.86. The summed E-state index contributed by atoms with van der Waals surface area (Å²) in [4.78, 5) is 13.1. The van der Waals surface area contributed by atoms with Crippen molar-refractivity contribution in [2.24, 2.45) is 5.92 Å². The van der Waals surface area contributed by atoms with E-state index in [2.05, 4.69) is 36.1 Å². The molecule has 1 fully saturated rings. The van der Waals surface area contributed by atoms with Gasteiger partial charge in [-0.15, -0.1) is 0 Å². The van der Waals surface area contributed by atoms with E-state index in [9.17, 15) is 4.79 Å². The van der Waals surface area contributed by atoms with E-state index in [0.29, 0.717) is 6.54 Å². The van der Waals surface area contributed by atoms with E-state index in [0.717, 1.165) is 32.4 Å². The highest BCUT2D eigenvalue weighted by Gasteiger charge is 2.27. The molecule has 0 spiro atoms. The monoisotopic (exact) mass is 247 g/mol. The largest absolute Gasteiger partial charge is 0.481 e. The quantitative estimate of drug-likeness (QED) is 0.867. The number of rotatable bonds is 5. The summed E-state index contributed by atoms with van der Waals surface area (Å²) >= 11 is 0. The lowest BCUT2D eigenvalue weighted by atomic mass is 10.1. The predicted molar refractivity (Wildman–Crippen MR) is 71.7 cm³/mol. The van der Waals surface area contributed by atoms with Gasteiger partial charge in [-0.05, 0) is 36.9 Å². The van der Waals surface area contributed by atoms with Crippen molar-refractivity contribution in [2.75, 3.05) is 19.6 Å². The van der Waals surface area contributed by atoms with Gasteiger partial charge in [0.1, 0.15) is 0 Å². The van der Waals surface area contributed by atoms with Crippen LogP contribution in [0.25, 0.3) is 0 Å². The molecule has 1 aliphatic heterocycles. The molecule has 18 heavy (non-hydrogen) atoms. The Morgan fingerprint density at radius 2 is 2.00 bits per heavy atom. The summed E-state index contributed by atoms with van der Waals surface area (Å²) in [6, 6.07) is 8.73. The van der Waals surface area contributed by atoms with Crippen molar-refractivity contribution < 1.29 is 9.90 Å². The lowest BCUT2D eigenvalue weighted by Crippen LogP contribution is -2.25. The fourth-order valence-electron chi connectivity index (χ4n) is 2.47. The Balaban J connectivity index is 1.79. The first-order chi connectivity index (χ1) is 8.69. The third kappa shape index (κ3) is 3.33. The van der Waals surface area contributed by atoms with Crippen LogP contribution in [0, 0.1) is 5.92 Å². The highest BCUT2D eigenvalue weighted by Crippen LogP contribution is 2.16. The van der Waals surface area contributed by atoms with E-state index in [-0.39, 0.29) is 5.92 Å². The Labute approximate surface area is 108 Å². The minimum absolute atomic E-state index is 0.160. The average molecular weight is 247 g/mol. The Morgan fingerprint density at radius 3 is 2.56 bits per heavy atom. The number of aryl methyl sites for hydroxylation is 1. The molecule has 0 saturated carbocycles. The molecular weight excluding hydrogens is 226 g/mol. The van der Waals surface area contributed by atoms with E-state index in [1.807, 2.05) is 0 Å². The van der Waals surface area contributed by atoms with E-state index < -0.39 is 5.97 Å². The van der Waals surface area contributed by atoms with Crippen LogP contribution in [0.3, 0.4) is 0 Å². The molecule has 1 aromatic carbocycles. The van der Waals surface area contributed by atoms with Crippen molar-refractivity contribution >= 4 is 5.97 Å². The first-order valence-electron chi connectivity index (χ1n) is 6.72. The fourth-order valence-corrected chi connectivity index (χ4v) is 2.47. The molecule has 3 nitrogen and oxygen atoms in total. The zero-order valence-electron chi connectivity index (χ0n) is 10.9. The molecular formula is C15H21NO2. The summed E-state index contributed by atoms with van der Waals surface area (Å²) in [6.07, 6.45) is 2.88. The number of hydrogen-bond acceptors (Lipinski definition) is 2. The number of carbonyl (C=O) groups is 1. The number of carboxylic acid groups (broad SMARTS) is 1. The molecule has 1 heterocycles. The van der Waals surface area contributed by atoms with Crippen molar-refractivity contribution in [3.8, 4) is 0 Å². The first kappa shape index (κ1) is 13.1. The van der Waals surface area contributed by atoms with Crippen LogP contribution in [0.4, 0.5) is 0 Å². The van der Waals surface area contributed by atoms with Crippen LogP contribution in [0.5, 0.6) is 0 Å². The van der Waals surface area contributed by atoms with Crippen molar-refractivity contribution in [3.05, 3.63) is 35.4 Å². The zero-order chi connectivity index (χ0) is 13.0. The van der Waals surface area contributed by atoms with Gasteiger partial charge in [0.25, 0.3) is 0 Å². The number of likely N-dealkylation sites (tertiary alicyclic amines) is 1. The number of carboxylic acids is 1. The second-order valence-electron chi connectivity index (χ2n) is 5.04. The van der Waals surface area contributed by atoms with E-state index in [1.165, 1.54) is 11.1 Å². The summed E-state index contributed by atoms with van der Waals surface area (Å²) in [7, 11) is 0. The maximum Gasteiger partial charge on any atom is 0.307 e. The molecule has 1 atom stereocenters. The van der Waals surface area contributed by atoms with E-state index >= 15 is 0 Å². The fraction of sp³-hybridized carbons (Fsp3) is 0.533. The summed E-state index contributed by atoms with van der Waals surface area (Å²) < 4.78 is 0. The zero-order valence-corrected chi connectivity index (χ0v) is 10.9. The molecule has 0 aromatic heterocycles. The van der Waals surface area contributed by atoms with Gasteiger partial charge in [0, 0.05) is 13.1 Å². The Morgan fingerprint density at radius 1 is 1.33 bits per heavy atom. The normalized spacial score (nSPS) is 20.2. The van der Waals surface area contributed by atoms with E-state index in [1.54, 1.807) is 0 Å². The van der Waals surface area contributed by atoms with Gasteiger partial charge >= 0.3 is 5.97 Å². The summed E-state index contributed by atoms with van der Waals surface area (Å²) in [5.74, 6) is -0.808. The molecule has 0 amide bonds. The molecule has 1 unspecified atom stereocenters. The molecule has 0 bridgehead atoms. The van der Waals surface area contributed by atoms with E-state index in [4.69, 9.17) is 5.11 Å². The summed E-state index contributed by atoms with van der Waals surface area (Å²) in [5, 5.41) is 8.95. The maximum absolute atomic E-state index is 10.9. The van der Waals surface area contributed by atoms with Crippen LogP contribution in [0.2, 0.25) is 0 Å². The minimum Gasteiger partial charge on any atom is -0.481 e. The highest BCUT2D eigenvalue weighted by molar-refractivity contribution is 5.70. The highest BCUT2D eigenvalue weighted by atomic mass is 16.4. The Bertz CT molecular complexity index is 399. The molecule has 0 aliphatic carbocycles. The molecule has 2 rings (SSSR count). The van der Waals surface area contributed by atoms with Crippen LogP contribution < -0.4 is 0 Å². The smallest absolute Gasteiger partial charge is 0.307 e. The van der Waals surface area contributed by atoms with Gasteiger partial charge in [-0.1, -0.05) is 31.2 Å². The number of hydrogen-bond donors (Lipinski definition) is 1. The lowest BCUT2D eigenvalue weighted by Gasteiger charge is -2.15. The third-order valence-electron chi connectivity index (χ3n) is 3.77. The van der Waals surface area contributed by atoms with Gasteiger partial charge in [0.05, 0.1) is 5.92 Å². The molecule has 1 N–H and O–H groups in total. The van der Waals surface area contributed by atoms with Crippen LogP contribution in [-0.4, -0.2) is 35.6 Å². The molecule has 1 saturated heterocycles. The van der Waals surface area contributed by atoms with Crippen molar-refractivity contribution in [2.45, 2.75) is 26.2 Å². The molecule has 0 radical (unpaired) electrons. The van der Waals surface area contributed by atoms with Crippen LogP contribution in [0.15, 0.2) is 24.3 Å². The summed E-state index contributed by atoms with van der Waals surface area (Å²) in [5.41, 5.74) is 2.71. The molecule has 1 aromatic rings. The lowest BCUT2D eigenvalue weighted by molar-refractivity contribution is -0.141. The van der Waals surface area contributed by atoms with Gasteiger partial charge in [-0.2, -0.15) is 0 Å². The Kier molecular flexibility index (Phi) is 4.37. The third-order valence-corrected chi connectivity index (χ3v) is 3.77. The minimum atomic E-state index is -0.648. The molecule has 3 heteroatoms. The van der Waals surface area contributed by atoms with Crippen molar-refractivity contribution in [1.82, 2.24) is 4.90 Å². The number of benzene rings is 1. The Hall–Kier alpha value is -1.35. The van der Waals surface area contributed by atoms with Crippen molar-refractivity contribution in [1.29, 1.82) is 0 Å². The molecule has 1 aliphatic rings. The first-order valence-corrected chi connectivity index (χ1v) is 6.72. The van der Waals surface area contributed by atoms with Gasteiger partial charge in [-0.25, -0.2) is 0 Å². The molecule has 98 valence electrons. The second kappa shape index (κ2) is 6.01. The summed E-state index contributed by atoms with van der Waals surface area (Å²) in [6.45, 7) is 4.76. The van der Waals surface area contributed by atoms with Crippen LogP contribution in [-0.2, 0) is 17.6 Å². The number of aliphatic carboxylic acids is 1. The SMILES string of the molecule is CCc1ccc(CCN2CCC(C(=O)O)C2)cc1.